The summed E-state index contributed by atoms with van der Waals surface area (Å²) in [5, 5.41) is 11.1. The van der Waals surface area contributed by atoms with Crippen molar-refractivity contribution in [3.05, 3.63) is 72.3 Å². The summed E-state index contributed by atoms with van der Waals surface area (Å²) >= 11 is 0. The molecule has 18 heavy (non-hydrogen) atoms. The van der Waals surface area contributed by atoms with Gasteiger partial charge in [-0.05, 0) is 35.1 Å². The standard InChI is InChI=1S/C17H16O/c1-2-3-12-17(18)15-10-6-4-8-13(15)14-9-5-7-11-16(14)17/h2,4-11,18H,1,3,12H2. The molecule has 0 fully saturated rings. The molecule has 0 saturated heterocycles. The van der Waals surface area contributed by atoms with Crippen LogP contribution in [0.25, 0.3) is 11.1 Å². The molecule has 90 valence electrons. The summed E-state index contributed by atoms with van der Waals surface area (Å²) in [6.07, 6.45) is 3.35. The van der Waals surface area contributed by atoms with Crippen molar-refractivity contribution < 1.29 is 5.11 Å². The summed E-state index contributed by atoms with van der Waals surface area (Å²) in [4.78, 5) is 0. The molecule has 2 aromatic carbocycles. The Labute approximate surface area is 107 Å². The van der Waals surface area contributed by atoms with Gasteiger partial charge in [0, 0.05) is 0 Å². The molecule has 0 amide bonds. The Morgan fingerprint density at radius 1 is 0.944 bits per heavy atom. The Morgan fingerprint density at radius 3 is 1.94 bits per heavy atom. The van der Waals surface area contributed by atoms with Crippen molar-refractivity contribution in [3.63, 3.8) is 0 Å². The number of benzene rings is 2. The molecule has 1 N–H and O–H groups in total. The van der Waals surface area contributed by atoms with E-state index in [0.29, 0.717) is 6.42 Å². The van der Waals surface area contributed by atoms with Gasteiger partial charge < -0.3 is 5.11 Å². The third-order valence-electron chi connectivity index (χ3n) is 3.75. The zero-order valence-electron chi connectivity index (χ0n) is 10.3. The number of hydrogen-bond acceptors (Lipinski definition) is 1. The number of allylic oxidation sites excluding steroid dienone is 1. The first kappa shape index (κ1) is 11.2. The maximum absolute atomic E-state index is 11.1. The Bertz CT molecular complexity index is 553. The second kappa shape index (κ2) is 4.11. The molecule has 0 saturated carbocycles. The van der Waals surface area contributed by atoms with E-state index in [0.717, 1.165) is 28.7 Å². The molecule has 0 unspecified atom stereocenters. The van der Waals surface area contributed by atoms with Gasteiger partial charge in [-0.15, -0.1) is 6.58 Å². The van der Waals surface area contributed by atoms with E-state index in [4.69, 9.17) is 0 Å². The van der Waals surface area contributed by atoms with Gasteiger partial charge in [0.2, 0.25) is 0 Å². The molecule has 3 rings (SSSR count). The maximum Gasteiger partial charge on any atom is 0.116 e. The van der Waals surface area contributed by atoms with Crippen LogP contribution in [0.1, 0.15) is 24.0 Å². The Hall–Kier alpha value is -1.86. The summed E-state index contributed by atoms with van der Waals surface area (Å²) in [6, 6.07) is 16.2. The molecule has 1 nitrogen and oxygen atoms in total. The van der Waals surface area contributed by atoms with Crippen LogP contribution in [-0.4, -0.2) is 5.11 Å². The van der Waals surface area contributed by atoms with Crippen molar-refractivity contribution in [2.75, 3.05) is 0 Å². The normalized spacial score (nSPS) is 14.9. The van der Waals surface area contributed by atoms with Crippen molar-refractivity contribution in [2.45, 2.75) is 18.4 Å². The van der Waals surface area contributed by atoms with Gasteiger partial charge in [-0.25, -0.2) is 0 Å². The lowest BCUT2D eigenvalue weighted by Crippen LogP contribution is -2.24. The molecule has 0 radical (unpaired) electrons. The van der Waals surface area contributed by atoms with Gasteiger partial charge in [-0.3, -0.25) is 0 Å². The largest absolute Gasteiger partial charge is 0.380 e. The number of rotatable bonds is 3. The summed E-state index contributed by atoms with van der Waals surface area (Å²) in [7, 11) is 0. The van der Waals surface area contributed by atoms with Crippen molar-refractivity contribution in [2.24, 2.45) is 0 Å². The van der Waals surface area contributed by atoms with Crippen molar-refractivity contribution in [1.29, 1.82) is 0 Å². The molecule has 1 aliphatic rings. The molecule has 0 bridgehead atoms. The lowest BCUT2D eigenvalue weighted by molar-refractivity contribution is 0.0769. The lowest BCUT2D eigenvalue weighted by atomic mass is 9.87. The minimum atomic E-state index is -0.860. The monoisotopic (exact) mass is 236 g/mol. The molecular weight excluding hydrogens is 220 g/mol. The molecule has 1 aliphatic carbocycles. The van der Waals surface area contributed by atoms with Crippen LogP contribution in [0.15, 0.2) is 61.2 Å². The van der Waals surface area contributed by atoms with E-state index in [1.807, 2.05) is 42.5 Å². The predicted octanol–water partition coefficient (Wildman–Crippen LogP) is 3.87. The van der Waals surface area contributed by atoms with E-state index in [-0.39, 0.29) is 0 Å². The van der Waals surface area contributed by atoms with Crippen LogP contribution in [0, 0.1) is 0 Å². The van der Waals surface area contributed by atoms with Crippen LogP contribution in [-0.2, 0) is 5.60 Å². The highest BCUT2D eigenvalue weighted by Crippen LogP contribution is 2.49. The second-order valence-electron chi connectivity index (χ2n) is 4.78. The van der Waals surface area contributed by atoms with E-state index < -0.39 is 5.60 Å². The lowest BCUT2D eigenvalue weighted by Gasteiger charge is -2.25. The van der Waals surface area contributed by atoms with Crippen LogP contribution >= 0.6 is 0 Å². The van der Waals surface area contributed by atoms with Crippen LogP contribution in [0.5, 0.6) is 0 Å². The zero-order chi connectivity index (χ0) is 12.6. The number of hydrogen-bond donors (Lipinski definition) is 1. The first-order valence-corrected chi connectivity index (χ1v) is 6.30. The third kappa shape index (κ3) is 1.44. The zero-order valence-corrected chi connectivity index (χ0v) is 10.3. The quantitative estimate of drug-likeness (QED) is 0.802. The molecule has 0 spiro atoms. The van der Waals surface area contributed by atoms with Crippen LogP contribution in [0.4, 0.5) is 0 Å². The van der Waals surface area contributed by atoms with Crippen molar-refractivity contribution in [1.82, 2.24) is 0 Å². The van der Waals surface area contributed by atoms with E-state index >= 15 is 0 Å². The van der Waals surface area contributed by atoms with E-state index in [1.165, 1.54) is 0 Å². The Kier molecular flexibility index (Phi) is 2.57. The molecule has 0 aromatic heterocycles. The first-order valence-electron chi connectivity index (χ1n) is 6.30. The third-order valence-corrected chi connectivity index (χ3v) is 3.75. The van der Waals surface area contributed by atoms with Gasteiger partial charge in [0.05, 0.1) is 0 Å². The van der Waals surface area contributed by atoms with Crippen molar-refractivity contribution in [3.8, 4) is 11.1 Å². The Morgan fingerprint density at radius 2 is 1.44 bits per heavy atom. The van der Waals surface area contributed by atoms with Crippen LogP contribution in [0.3, 0.4) is 0 Å². The van der Waals surface area contributed by atoms with Crippen LogP contribution < -0.4 is 0 Å². The maximum atomic E-state index is 11.1. The highest BCUT2D eigenvalue weighted by Gasteiger charge is 2.40. The van der Waals surface area contributed by atoms with Gasteiger partial charge in [0.25, 0.3) is 0 Å². The highest BCUT2D eigenvalue weighted by atomic mass is 16.3. The van der Waals surface area contributed by atoms with Gasteiger partial charge in [0.1, 0.15) is 5.60 Å². The fourth-order valence-corrected chi connectivity index (χ4v) is 2.88. The minimum Gasteiger partial charge on any atom is -0.380 e. The number of fused-ring (bicyclic) bond motifs is 3. The van der Waals surface area contributed by atoms with E-state index in [1.54, 1.807) is 0 Å². The average Bonchev–Trinajstić information content (AvgIpc) is 2.69. The van der Waals surface area contributed by atoms with Crippen LogP contribution in [0.2, 0.25) is 0 Å². The van der Waals surface area contributed by atoms with Gasteiger partial charge >= 0.3 is 0 Å². The summed E-state index contributed by atoms with van der Waals surface area (Å²) in [5.41, 5.74) is 3.49. The molecule has 1 heteroatoms. The van der Waals surface area contributed by atoms with Gasteiger partial charge in [-0.1, -0.05) is 54.6 Å². The molecule has 0 aliphatic heterocycles. The summed E-state index contributed by atoms with van der Waals surface area (Å²) < 4.78 is 0. The topological polar surface area (TPSA) is 20.2 Å². The second-order valence-corrected chi connectivity index (χ2v) is 4.78. The SMILES string of the molecule is C=CCCC1(O)c2ccccc2-c2ccccc21. The van der Waals surface area contributed by atoms with E-state index in [2.05, 4.69) is 18.7 Å². The molecule has 0 heterocycles. The smallest absolute Gasteiger partial charge is 0.116 e. The van der Waals surface area contributed by atoms with Gasteiger partial charge in [0.15, 0.2) is 0 Å². The first-order chi connectivity index (χ1) is 8.77. The minimum absolute atomic E-state index is 0.685. The molecular formula is C17H16O. The number of aliphatic hydroxyl groups is 1. The predicted molar refractivity (Wildman–Crippen MR) is 74.3 cm³/mol. The highest BCUT2D eigenvalue weighted by molar-refractivity contribution is 5.79. The van der Waals surface area contributed by atoms with E-state index in [9.17, 15) is 5.11 Å². The Balaban J connectivity index is 2.23. The fourth-order valence-electron chi connectivity index (χ4n) is 2.88. The molecule has 2 aromatic rings. The van der Waals surface area contributed by atoms with Crippen molar-refractivity contribution >= 4 is 0 Å². The van der Waals surface area contributed by atoms with Gasteiger partial charge in [-0.2, -0.15) is 0 Å². The molecule has 0 atom stereocenters. The summed E-state index contributed by atoms with van der Waals surface area (Å²) in [6.45, 7) is 3.75. The average molecular weight is 236 g/mol. The summed E-state index contributed by atoms with van der Waals surface area (Å²) in [5.74, 6) is 0. The fraction of sp³-hybridized carbons (Fsp3) is 0.176.